The molecule has 1 heteroatoms. The monoisotopic (exact) mass is 546 g/mol. The van der Waals surface area contributed by atoms with E-state index in [2.05, 4.69) is 158 Å². The highest BCUT2D eigenvalue weighted by atomic mass is 16.5. The van der Waals surface area contributed by atoms with Crippen LogP contribution < -0.4 is 4.74 Å². The van der Waals surface area contributed by atoms with Crippen molar-refractivity contribution in [3.63, 3.8) is 0 Å². The summed E-state index contributed by atoms with van der Waals surface area (Å²) >= 11 is 0. The van der Waals surface area contributed by atoms with Crippen molar-refractivity contribution in [3.05, 3.63) is 158 Å². The lowest BCUT2D eigenvalue weighted by Crippen LogP contribution is -1.98. The zero-order valence-electron chi connectivity index (χ0n) is 23.4. The molecule has 1 heterocycles. The molecule has 0 aliphatic carbocycles. The van der Waals surface area contributed by atoms with Crippen LogP contribution in [0.2, 0.25) is 0 Å². The molecule has 0 bridgehead atoms. The first-order chi connectivity index (χ1) is 21.3. The van der Waals surface area contributed by atoms with E-state index >= 15 is 0 Å². The van der Waals surface area contributed by atoms with Crippen LogP contribution in [0.1, 0.15) is 0 Å². The molecule has 1 aliphatic heterocycles. The van der Waals surface area contributed by atoms with Gasteiger partial charge in [-0.25, -0.2) is 0 Å². The number of fused-ring (bicyclic) bond motifs is 4. The van der Waals surface area contributed by atoms with Crippen molar-refractivity contribution in [2.24, 2.45) is 0 Å². The molecule has 8 aromatic rings. The van der Waals surface area contributed by atoms with E-state index in [0.717, 1.165) is 17.1 Å². The molecule has 0 fully saturated rings. The van der Waals surface area contributed by atoms with E-state index in [4.69, 9.17) is 4.74 Å². The minimum atomic E-state index is 0.901. The summed E-state index contributed by atoms with van der Waals surface area (Å²) in [7, 11) is 0. The Morgan fingerprint density at radius 2 is 0.884 bits per heavy atom. The van der Waals surface area contributed by atoms with Gasteiger partial charge < -0.3 is 4.74 Å². The van der Waals surface area contributed by atoms with Gasteiger partial charge in [0.2, 0.25) is 0 Å². The van der Waals surface area contributed by atoms with Gasteiger partial charge in [0.25, 0.3) is 0 Å². The van der Waals surface area contributed by atoms with Gasteiger partial charge in [0.15, 0.2) is 0 Å². The Bertz CT molecular complexity index is 2300. The molecule has 1 nitrogen and oxygen atoms in total. The molecule has 0 N–H and O–H groups in total. The lowest BCUT2D eigenvalue weighted by molar-refractivity contribution is 0.487. The van der Waals surface area contributed by atoms with Crippen LogP contribution in [0.3, 0.4) is 0 Å². The fourth-order valence-electron chi connectivity index (χ4n) is 6.95. The van der Waals surface area contributed by atoms with Gasteiger partial charge >= 0.3 is 0 Å². The fraction of sp³-hybridized carbons (Fsp3) is 0. The van der Waals surface area contributed by atoms with Gasteiger partial charge in [-0.15, -0.1) is 0 Å². The second-order valence-electron chi connectivity index (χ2n) is 11.3. The highest BCUT2D eigenvalue weighted by Gasteiger charge is 2.22. The van der Waals surface area contributed by atoms with Crippen molar-refractivity contribution in [1.29, 1.82) is 0 Å². The number of hydrogen-bond donors (Lipinski definition) is 0. The maximum absolute atomic E-state index is 6.44. The SMILES string of the molecule is c1ccc(-c2cccc(-c3c4ccccc4c(-c4ccc5c(c4)-c4cccc6cccc(c46)O5)c4ccccc34)c2)cc1. The average Bonchev–Trinajstić information content (AvgIpc) is 3.08. The van der Waals surface area contributed by atoms with Crippen LogP contribution in [-0.4, -0.2) is 0 Å². The number of hydrogen-bond acceptors (Lipinski definition) is 1. The molecule has 0 unspecified atom stereocenters. The number of ether oxygens (including phenoxy) is 1. The quantitative estimate of drug-likeness (QED) is 0.200. The third kappa shape index (κ3) is 3.72. The molecule has 0 saturated heterocycles. The summed E-state index contributed by atoms with van der Waals surface area (Å²) in [5.41, 5.74) is 9.74. The Labute approximate surface area is 250 Å². The summed E-state index contributed by atoms with van der Waals surface area (Å²) in [5, 5.41) is 7.38. The standard InChI is InChI=1S/C42H26O/c1-2-11-27(12-3-1)29-15-8-16-30(25-29)40-32-17-4-6-19-34(32)41(35-20-7-5-18-33(35)40)31-23-24-38-37(26-31)36-21-9-13-28-14-10-22-39(43-38)42(28)36/h1-26H. The third-order valence-electron chi connectivity index (χ3n) is 8.83. The summed E-state index contributed by atoms with van der Waals surface area (Å²) in [5.74, 6) is 1.82. The molecule has 8 aromatic carbocycles. The van der Waals surface area contributed by atoms with E-state index in [9.17, 15) is 0 Å². The zero-order chi connectivity index (χ0) is 28.3. The minimum Gasteiger partial charge on any atom is -0.456 e. The second-order valence-corrected chi connectivity index (χ2v) is 11.3. The van der Waals surface area contributed by atoms with Crippen LogP contribution in [0.15, 0.2) is 158 Å². The fourth-order valence-corrected chi connectivity index (χ4v) is 6.95. The van der Waals surface area contributed by atoms with Gasteiger partial charge in [0.1, 0.15) is 11.5 Å². The zero-order valence-corrected chi connectivity index (χ0v) is 23.4. The van der Waals surface area contributed by atoms with Crippen LogP contribution in [0.4, 0.5) is 0 Å². The largest absolute Gasteiger partial charge is 0.456 e. The van der Waals surface area contributed by atoms with Gasteiger partial charge in [-0.3, -0.25) is 0 Å². The molecule has 1 aliphatic rings. The van der Waals surface area contributed by atoms with E-state index in [0.29, 0.717) is 0 Å². The first-order valence-corrected chi connectivity index (χ1v) is 14.8. The van der Waals surface area contributed by atoms with Crippen molar-refractivity contribution in [3.8, 4) is 56.0 Å². The lowest BCUT2D eigenvalue weighted by Gasteiger charge is -2.23. The molecule has 0 aromatic heterocycles. The average molecular weight is 547 g/mol. The van der Waals surface area contributed by atoms with Crippen molar-refractivity contribution in [2.75, 3.05) is 0 Å². The Kier molecular flexibility index (Phi) is 5.27. The van der Waals surface area contributed by atoms with Gasteiger partial charge in [0, 0.05) is 10.9 Å². The Morgan fingerprint density at radius 1 is 0.326 bits per heavy atom. The van der Waals surface area contributed by atoms with E-state index in [1.165, 1.54) is 71.3 Å². The van der Waals surface area contributed by atoms with Crippen LogP contribution in [0.5, 0.6) is 11.5 Å². The van der Waals surface area contributed by atoms with Crippen LogP contribution in [0.25, 0.3) is 76.8 Å². The van der Waals surface area contributed by atoms with E-state index in [1.807, 2.05) is 0 Å². The third-order valence-corrected chi connectivity index (χ3v) is 8.83. The Balaban J connectivity index is 1.31. The summed E-state index contributed by atoms with van der Waals surface area (Å²) in [6.45, 7) is 0. The molecule has 0 saturated carbocycles. The predicted molar refractivity (Wildman–Crippen MR) is 181 cm³/mol. The lowest BCUT2D eigenvalue weighted by atomic mass is 9.84. The summed E-state index contributed by atoms with van der Waals surface area (Å²) in [6, 6.07) is 56.8. The molecule has 0 spiro atoms. The van der Waals surface area contributed by atoms with E-state index < -0.39 is 0 Å². The molecule has 9 rings (SSSR count). The topological polar surface area (TPSA) is 9.23 Å². The van der Waals surface area contributed by atoms with E-state index in [1.54, 1.807) is 0 Å². The number of benzene rings is 8. The van der Waals surface area contributed by atoms with Gasteiger partial charge in [-0.05, 0) is 90.1 Å². The smallest absolute Gasteiger partial charge is 0.135 e. The summed E-state index contributed by atoms with van der Waals surface area (Å²) < 4.78 is 6.44. The minimum absolute atomic E-state index is 0.901. The summed E-state index contributed by atoms with van der Waals surface area (Å²) in [4.78, 5) is 0. The molecule has 43 heavy (non-hydrogen) atoms. The van der Waals surface area contributed by atoms with Gasteiger partial charge in [0.05, 0.1) is 0 Å². The number of rotatable bonds is 3. The highest BCUT2D eigenvalue weighted by Crippen LogP contribution is 2.49. The van der Waals surface area contributed by atoms with Crippen molar-refractivity contribution < 1.29 is 4.74 Å². The molecular formula is C42H26O. The molecule has 0 atom stereocenters. The summed E-state index contributed by atoms with van der Waals surface area (Å²) in [6.07, 6.45) is 0. The molecular weight excluding hydrogens is 520 g/mol. The maximum Gasteiger partial charge on any atom is 0.135 e. The van der Waals surface area contributed by atoms with Crippen molar-refractivity contribution >= 4 is 32.3 Å². The van der Waals surface area contributed by atoms with Crippen molar-refractivity contribution in [2.45, 2.75) is 0 Å². The molecule has 0 radical (unpaired) electrons. The molecule has 0 amide bonds. The van der Waals surface area contributed by atoms with Crippen LogP contribution >= 0.6 is 0 Å². The van der Waals surface area contributed by atoms with Crippen molar-refractivity contribution in [1.82, 2.24) is 0 Å². The first kappa shape index (κ1) is 24.0. The first-order valence-electron chi connectivity index (χ1n) is 14.8. The van der Waals surface area contributed by atoms with E-state index in [-0.39, 0.29) is 0 Å². The highest BCUT2D eigenvalue weighted by molar-refractivity contribution is 6.21. The second kappa shape index (κ2) is 9.44. The normalized spacial score (nSPS) is 11.9. The Hall–Kier alpha value is -5.66. The van der Waals surface area contributed by atoms with Crippen LogP contribution in [-0.2, 0) is 0 Å². The van der Waals surface area contributed by atoms with Gasteiger partial charge in [-0.2, -0.15) is 0 Å². The maximum atomic E-state index is 6.44. The van der Waals surface area contributed by atoms with Crippen LogP contribution in [0, 0.1) is 0 Å². The predicted octanol–water partition coefficient (Wildman–Crippen LogP) is 11.9. The molecule has 200 valence electrons. The van der Waals surface area contributed by atoms with Gasteiger partial charge in [-0.1, -0.05) is 133 Å². The Morgan fingerprint density at radius 3 is 1.58 bits per heavy atom.